The minimum absolute atomic E-state index is 0.320. The van der Waals surface area contributed by atoms with E-state index >= 15 is 0 Å². The van der Waals surface area contributed by atoms with Gasteiger partial charge in [0.25, 0.3) is 0 Å². The molecule has 3 rings (SSSR count). The van der Waals surface area contributed by atoms with Crippen LogP contribution in [0.3, 0.4) is 0 Å². The molecule has 0 spiro atoms. The Hall–Kier alpha value is -2.29. The molecule has 1 heterocycles. The molecule has 90 valence electrons. The van der Waals surface area contributed by atoms with Gasteiger partial charge in [0.1, 0.15) is 11.2 Å². The fraction of sp³-hybridized carbons (Fsp3) is 0.133. The molecule has 3 aromatic rings. The van der Waals surface area contributed by atoms with Gasteiger partial charge in [-0.3, -0.25) is 0 Å². The third kappa shape index (κ3) is 1.40. The molecule has 2 aromatic carbocycles. The summed E-state index contributed by atoms with van der Waals surface area (Å²) in [6.45, 7) is 1.91. The summed E-state index contributed by atoms with van der Waals surface area (Å²) in [6.07, 6.45) is 0. The highest BCUT2D eigenvalue weighted by atomic mass is 16.5. The second-order valence-electron chi connectivity index (χ2n) is 4.20. The standard InChI is InChI=1S/C15H12O3/c1-9-10(15(16)17-2)7-8-13-14(9)11-5-3-4-6-12(11)18-13/h3-8H,1-2H3. The van der Waals surface area contributed by atoms with Crippen molar-refractivity contribution in [3.63, 3.8) is 0 Å². The molecule has 18 heavy (non-hydrogen) atoms. The lowest BCUT2D eigenvalue weighted by atomic mass is 10.0. The van der Waals surface area contributed by atoms with E-state index in [1.807, 2.05) is 37.3 Å². The Morgan fingerprint density at radius 1 is 1.11 bits per heavy atom. The molecular formula is C15H12O3. The van der Waals surface area contributed by atoms with Crippen LogP contribution < -0.4 is 0 Å². The summed E-state index contributed by atoms with van der Waals surface area (Å²) in [7, 11) is 1.39. The van der Waals surface area contributed by atoms with Gasteiger partial charge in [0.2, 0.25) is 0 Å². The molecule has 3 heteroatoms. The minimum atomic E-state index is -0.320. The van der Waals surface area contributed by atoms with Crippen molar-refractivity contribution >= 4 is 27.9 Å². The summed E-state index contributed by atoms with van der Waals surface area (Å²) >= 11 is 0. The van der Waals surface area contributed by atoms with Crippen molar-refractivity contribution in [2.24, 2.45) is 0 Å². The second-order valence-corrected chi connectivity index (χ2v) is 4.20. The first-order valence-electron chi connectivity index (χ1n) is 5.71. The Morgan fingerprint density at radius 2 is 1.89 bits per heavy atom. The number of hydrogen-bond acceptors (Lipinski definition) is 3. The highest BCUT2D eigenvalue weighted by Gasteiger charge is 2.15. The monoisotopic (exact) mass is 240 g/mol. The number of fused-ring (bicyclic) bond motifs is 3. The Balaban J connectivity index is 2.43. The summed E-state index contributed by atoms with van der Waals surface area (Å²) in [5.41, 5.74) is 3.10. The first-order chi connectivity index (χ1) is 8.72. The van der Waals surface area contributed by atoms with Crippen molar-refractivity contribution in [2.75, 3.05) is 7.11 Å². The number of para-hydroxylation sites is 1. The number of methoxy groups -OCH3 is 1. The predicted molar refractivity (Wildman–Crippen MR) is 69.8 cm³/mol. The van der Waals surface area contributed by atoms with Gasteiger partial charge in [-0.2, -0.15) is 0 Å². The summed E-state index contributed by atoms with van der Waals surface area (Å²) in [5.74, 6) is -0.320. The van der Waals surface area contributed by atoms with Crippen molar-refractivity contribution in [1.29, 1.82) is 0 Å². The van der Waals surface area contributed by atoms with Gasteiger partial charge in [-0.1, -0.05) is 18.2 Å². The van der Waals surface area contributed by atoms with Crippen LogP contribution in [0.2, 0.25) is 0 Å². The average Bonchev–Trinajstić information content (AvgIpc) is 2.77. The molecule has 1 aromatic heterocycles. The summed E-state index contributed by atoms with van der Waals surface area (Å²) in [6, 6.07) is 11.4. The van der Waals surface area contributed by atoms with Crippen LogP contribution in [0.15, 0.2) is 40.8 Å². The molecule has 0 fully saturated rings. The molecule has 0 unspecified atom stereocenters. The average molecular weight is 240 g/mol. The Kier molecular flexibility index (Phi) is 2.33. The van der Waals surface area contributed by atoms with E-state index < -0.39 is 0 Å². The molecule has 0 radical (unpaired) electrons. The van der Waals surface area contributed by atoms with Crippen LogP contribution in [0, 0.1) is 6.92 Å². The molecule has 0 aliphatic heterocycles. The van der Waals surface area contributed by atoms with Crippen LogP contribution in [0.1, 0.15) is 15.9 Å². The number of esters is 1. The molecule has 3 nitrogen and oxygen atoms in total. The second kappa shape index (κ2) is 3.88. The third-order valence-corrected chi connectivity index (χ3v) is 3.21. The zero-order valence-electron chi connectivity index (χ0n) is 10.2. The third-order valence-electron chi connectivity index (χ3n) is 3.21. The number of aryl methyl sites for hydroxylation is 1. The zero-order valence-corrected chi connectivity index (χ0v) is 10.2. The largest absolute Gasteiger partial charge is 0.465 e. The van der Waals surface area contributed by atoms with Gasteiger partial charge in [0, 0.05) is 10.8 Å². The van der Waals surface area contributed by atoms with Crippen LogP contribution >= 0.6 is 0 Å². The lowest BCUT2D eigenvalue weighted by Crippen LogP contribution is -2.03. The number of ether oxygens (including phenoxy) is 1. The van der Waals surface area contributed by atoms with Crippen molar-refractivity contribution in [2.45, 2.75) is 6.92 Å². The number of benzene rings is 2. The smallest absolute Gasteiger partial charge is 0.338 e. The lowest BCUT2D eigenvalue weighted by molar-refractivity contribution is 0.0600. The predicted octanol–water partition coefficient (Wildman–Crippen LogP) is 3.68. The molecular weight excluding hydrogens is 228 g/mol. The van der Waals surface area contributed by atoms with Gasteiger partial charge in [-0.25, -0.2) is 4.79 Å². The summed E-state index contributed by atoms with van der Waals surface area (Å²) < 4.78 is 10.5. The van der Waals surface area contributed by atoms with Crippen molar-refractivity contribution in [3.05, 3.63) is 47.5 Å². The van der Waals surface area contributed by atoms with Crippen LogP contribution in [-0.2, 0) is 4.74 Å². The van der Waals surface area contributed by atoms with E-state index in [-0.39, 0.29) is 5.97 Å². The van der Waals surface area contributed by atoms with Gasteiger partial charge in [-0.05, 0) is 30.7 Å². The molecule has 0 atom stereocenters. The number of rotatable bonds is 1. The molecule has 0 saturated heterocycles. The molecule has 0 aliphatic rings. The maximum atomic E-state index is 11.7. The first kappa shape index (κ1) is 10.8. The van der Waals surface area contributed by atoms with E-state index in [1.165, 1.54) is 7.11 Å². The van der Waals surface area contributed by atoms with Crippen LogP contribution in [0.5, 0.6) is 0 Å². The fourth-order valence-corrected chi connectivity index (χ4v) is 2.32. The summed E-state index contributed by atoms with van der Waals surface area (Å²) in [5, 5.41) is 2.00. The Morgan fingerprint density at radius 3 is 2.67 bits per heavy atom. The first-order valence-corrected chi connectivity index (χ1v) is 5.71. The van der Waals surface area contributed by atoms with Gasteiger partial charge in [0.15, 0.2) is 0 Å². The number of furan rings is 1. The van der Waals surface area contributed by atoms with Gasteiger partial charge in [0.05, 0.1) is 12.7 Å². The Bertz CT molecular complexity index is 753. The minimum Gasteiger partial charge on any atom is -0.465 e. The van der Waals surface area contributed by atoms with Crippen LogP contribution in [-0.4, -0.2) is 13.1 Å². The van der Waals surface area contributed by atoms with E-state index in [1.54, 1.807) is 6.07 Å². The molecule has 0 bridgehead atoms. The van der Waals surface area contributed by atoms with Crippen molar-refractivity contribution in [3.8, 4) is 0 Å². The maximum Gasteiger partial charge on any atom is 0.338 e. The molecule has 0 N–H and O–H groups in total. The van der Waals surface area contributed by atoms with Gasteiger partial charge in [-0.15, -0.1) is 0 Å². The molecule has 0 aliphatic carbocycles. The van der Waals surface area contributed by atoms with E-state index in [0.29, 0.717) is 5.56 Å². The highest BCUT2D eigenvalue weighted by molar-refractivity contribution is 6.09. The van der Waals surface area contributed by atoms with Crippen molar-refractivity contribution < 1.29 is 13.9 Å². The van der Waals surface area contributed by atoms with Crippen LogP contribution in [0.4, 0.5) is 0 Å². The normalized spacial score (nSPS) is 11.0. The molecule has 0 saturated carbocycles. The zero-order chi connectivity index (χ0) is 12.7. The SMILES string of the molecule is COC(=O)c1ccc2oc3ccccc3c2c1C. The lowest BCUT2D eigenvalue weighted by Gasteiger charge is -2.04. The fourth-order valence-electron chi connectivity index (χ4n) is 2.32. The van der Waals surface area contributed by atoms with E-state index in [9.17, 15) is 4.79 Å². The topological polar surface area (TPSA) is 39.4 Å². The Labute approximate surface area is 104 Å². The van der Waals surface area contributed by atoms with Crippen LogP contribution in [0.25, 0.3) is 21.9 Å². The summed E-state index contributed by atoms with van der Waals surface area (Å²) in [4.78, 5) is 11.7. The highest BCUT2D eigenvalue weighted by Crippen LogP contribution is 2.32. The van der Waals surface area contributed by atoms with E-state index in [4.69, 9.17) is 9.15 Å². The van der Waals surface area contributed by atoms with Gasteiger partial charge >= 0.3 is 5.97 Å². The maximum absolute atomic E-state index is 11.7. The van der Waals surface area contributed by atoms with E-state index in [0.717, 1.165) is 27.5 Å². The van der Waals surface area contributed by atoms with E-state index in [2.05, 4.69) is 0 Å². The quantitative estimate of drug-likeness (QED) is 0.609. The number of carbonyl (C=O) groups is 1. The van der Waals surface area contributed by atoms with Crippen molar-refractivity contribution in [1.82, 2.24) is 0 Å². The number of hydrogen-bond donors (Lipinski definition) is 0. The molecule has 0 amide bonds. The van der Waals surface area contributed by atoms with Gasteiger partial charge < -0.3 is 9.15 Å². The number of carbonyl (C=O) groups excluding carboxylic acids is 1.